The number of rotatable bonds is 2. The molecule has 2 amide bonds. The highest BCUT2D eigenvalue weighted by Gasteiger charge is 2.26. The first-order valence-electron chi connectivity index (χ1n) is 6.72. The highest BCUT2D eigenvalue weighted by molar-refractivity contribution is 7.80. The molecule has 1 aliphatic heterocycles. The van der Waals surface area contributed by atoms with Crippen molar-refractivity contribution in [1.82, 2.24) is 9.80 Å². The van der Waals surface area contributed by atoms with Crippen molar-refractivity contribution < 1.29 is 14.3 Å². The third-order valence-corrected chi connectivity index (χ3v) is 3.88. The van der Waals surface area contributed by atoms with Crippen LogP contribution in [0, 0.1) is 0 Å². The summed E-state index contributed by atoms with van der Waals surface area (Å²) in [6.07, 6.45) is -0.333. The van der Waals surface area contributed by atoms with Crippen LogP contribution >= 0.6 is 24.2 Å². The summed E-state index contributed by atoms with van der Waals surface area (Å²) >= 11 is 10.3. The van der Waals surface area contributed by atoms with Gasteiger partial charge in [-0.05, 0) is 25.1 Å². The van der Waals surface area contributed by atoms with Crippen molar-refractivity contribution in [2.45, 2.75) is 11.8 Å². The number of thiol groups is 1. The molecule has 0 unspecified atom stereocenters. The summed E-state index contributed by atoms with van der Waals surface area (Å²) in [5.74, 6) is -0.139. The van der Waals surface area contributed by atoms with E-state index in [1.54, 1.807) is 34.9 Å². The van der Waals surface area contributed by atoms with Gasteiger partial charge in [-0.25, -0.2) is 4.79 Å². The van der Waals surface area contributed by atoms with Crippen LogP contribution in [0.4, 0.5) is 4.79 Å². The van der Waals surface area contributed by atoms with E-state index in [9.17, 15) is 9.59 Å². The third kappa shape index (κ3) is 3.83. The fourth-order valence-corrected chi connectivity index (χ4v) is 2.56. The second-order valence-corrected chi connectivity index (χ2v) is 5.57. The molecule has 1 heterocycles. The molecule has 0 aliphatic carbocycles. The van der Waals surface area contributed by atoms with Crippen molar-refractivity contribution >= 4 is 36.2 Å². The standard InChI is InChI=1S/C14H17ClN2O3S/c1-2-20-14(19)17-7-5-16(6-8-17)13(18)11-9-10(21)3-4-12(11)15/h3-4,9,21H,2,5-8H2,1H3. The molecule has 1 fully saturated rings. The van der Waals surface area contributed by atoms with Gasteiger partial charge < -0.3 is 14.5 Å². The van der Waals surface area contributed by atoms with E-state index in [4.69, 9.17) is 16.3 Å². The third-order valence-electron chi connectivity index (χ3n) is 3.27. The summed E-state index contributed by atoms with van der Waals surface area (Å²) in [6.45, 7) is 3.97. The second kappa shape index (κ2) is 7.04. The molecule has 0 bridgehead atoms. The second-order valence-electron chi connectivity index (χ2n) is 4.64. The van der Waals surface area contributed by atoms with Gasteiger partial charge in [-0.3, -0.25) is 4.79 Å². The summed E-state index contributed by atoms with van der Waals surface area (Å²) in [5, 5.41) is 0.408. The topological polar surface area (TPSA) is 49.9 Å². The van der Waals surface area contributed by atoms with Crippen molar-refractivity contribution in [3.63, 3.8) is 0 Å². The zero-order valence-electron chi connectivity index (χ0n) is 11.7. The molecule has 0 spiro atoms. The average molecular weight is 329 g/mol. The van der Waals surface area contributed by atoms with E-state index < -0.39 is 0 Å². The first kappa shape index (κ1) is 16.0. The normalized spacial score (nSPS) is 15.0. The molecular formula is C14H17ClN2O3S. The highest BCUT2D eigenvalue weighted by atomic mass is 35.5. The number of halogens is 1. The van der Waals surface area contributed by atoms with Crippen molar-refractivity contribution in [3.8, 4) is 0 Å². The summed E-state index contributed by atoms with van der Waals surface area (Å²) in [7, 11) is 0. The van der Waals surface area contributed by atoms with E-state index in [2.05, 4.69) is 12.6 Å². The molecule has 0 N–H and O–H groups in total. The van der Waals surface area contributed by atoms with Gasteiger partial charge >= 0.3 is 6.09 Å². The maximum absolute atomic E-state index is 12.4. The Labute approximate surface area is 134 Å². The fraction of sp³-hybridized carbons (Fsp3) is 0.429. The lowest BCUT2D eigenvalue weighted by Crippen LogP contribution is -2.50. The Morgan fingerprint density at radius 2 is 1.86 bits per heavy atom. The van der Waals surface area contributed by atoms with Crippen LogP contribution in [0.25, 0.3) is 0 Å². The summed E-state index contributed by atoms with van der Waals surface area (Å²) in [6, 6.07) is 5.05. The monoisotopic (exact) mass is 328 g/mol. The molecule has 1 aliphatic rings. The van der Waals surface area contributed by atoms with Gasteiger partial charge in [-0.2, -0.15) is 0 Å². The molecule has 1 aromatic carbocycles. The Morgan fingerprint density at radius 1 is 1.24 bits per heavy atom. The number of hydrogen-bond donors (Lipinski definition) is 1. The molecule has 0 aromatic heterocycles. The summed E-state index contributed by atoms with van der Waals surface area (Å²) in [5.41, 5.74) is 0.439. The van der Waals surface area contributed by atoms with Crippen molar-refractivity contribution in [1.29, 1.82) is 0 Å². The minimum absolute atomic E-state index is 0.139. The lowest BCUT2D eigenvalue weighted by atomic mass is 10.2. The molecule has 21 heavy (non-hydrogen) atoms. The van der Waals surface area contributed by atoms with Crippen molar-refractivity contribution in [3.05, 3.63) is 28.8 Å². The summed E-state index contributed by atoms with van der Waals surface area (Å²) < 4.78 is 4.95. The van der Waals surface area contributed by atoms with Crippen LogP contribution in [0.1, 0.15) is 17.3 Å². The number of ether oxygens (including phenoxy) is 1. The Morgan fingerprint density at radius 3 is 2.48 bits per heavy atom. The zero-order chi connectivity index (χ0) is 15.4. The molecule has 1 saturated heterocycles. The molecule has 7 heteroatoms. The largest absolute Gasteiger partial charge is 0.450 e. The molecule has 2 rings (SSSR count). The van der Waals surface area contributed by atoms with Crippen LogP contribution in [-0.4, -0.2) is 54.6 Å². The number of piperazine rings is 1. The zero-order valence-corrected chi connectivity index (χ0v) is 13.4. The number of nitrogens with zero attached hydrogens (tertiary/aromatic N) is 2. The number of benzene rings is 1. The van der Waals surface area contributed by atoms with Gasteiger partial charge in [0.05, 0.1) is 17.2 Å². The Hall–Kier alpha value is -1.40. The van der Waals surface area contributed by atoms with Gasteiger partial charge in [-0.1, -0.05) is 11.6 Å². The molecule has 0 radical (unpaired) electrons. The molecule has 0 saturated carbocycles. The van der Waals surface area contributed by atoms with Crippen LogP contribution < -0.4 is 0 Å². The fourth-order valence-electron chi connectivity index (χ4n) is 2.15. The van der Waals surface area contributed by atoms with Gasteiger partial charge in [-0.15, -0.1) is 12.6 Å². The van der Waals surface area contributed by atoms with Crippen molar-refractivity contribution in [2.24, 2.45) is 0 Å². The minimum Gasteiger partial charge on any atom is -0.450 e. The van der Waals surface area contributed by atoms with Gasteiger partial charge in [0, 0.05) is 31.1 Å². The Bertz CT molecular complexity index is 545. The van der Waals surface area contributed by atoms with Gasteiger partial charge in [0.25, 0.3) is 5.91 Å². The first-order chi connectivity index (χ1) is 10.0. The predicted octanol–water partition coefficient (Wildman–Crippen LogP) is 2.54. The van der Waals surface area contributed by atoms with Crippen LogP contribution in [0.2, 0.25) is 5.02 Å². The SMILES string of the molecule is CCOC(=O)N1CCN(C(=O)c2cc(S)ccc2Cl)CC1. The smallest absolute Gasteiger partial charge is 0.409 e. The molecule has 1 aromatic rings. The predicted molar refractivity (Wildman–Crippen MR) is 83.2 cm³/mol. The van der Waals surface area contributed by atoms with E-state index in [0.29, 0.717) is 48.3 Å². The number of carbonyl (C=O) groups is 2. The molecular weight excluding hydrogens is 312 g/mol. The van der Waals surface area contributed by atoms with Crippen LogP contribution in [0.5, 0.6) is 0 Å². The van der Waals surface area contributed by atoms with E-state index in [1.807, 2.05) is 0 Å². The minimum atomic E-state index is -0.333. The van der Waals surface area contributed by atoms with Crippen LogP contribution in [-0.2, 0) is 4.74 Å². The molecule has 0 atom stereocenters. The summed E-state index contributed by atoms with van der Waals surface area (Å²) in [4.78, 5) is 28.0. The quantitative estimate of drug-likeness (QED) is 0.849. The van der Waals surface area contributed by atoms with Crippen molar-refractivity contribution in [2.75, 3.05) is 32.8 Å². The van der Waals surface area contributed by atoms with E-state index in [0.717, 1.165) is 0 Å². The van der Waals surface area contributed by atoms with Crippen LogP contribution in [0.3, 0.4) is 0 Å². The maximum atomic E-state index is 12.4. The highest BCUT2D eigenvalue weighted by Crippen LogP contribution is 2.22. The Balaban J connectivity index is 2.00. The Kier molecular flexibility index (Phi) is 5.36. The molecule has 114 valence electrons. The van der Waals surface area contributed by atoms with E-state index in [-0.39, 0.29) is 12.0 Å². The first-order valence-corrected chi connectivity index (χ1v) is 7.55. The van der Waals surface area contributed by atoms with E-state index in [1.165, 1.54) is 0 Å². The molecule has 5 nitrogen and oxygen atoms in total. The number of hydrogen-bond acceptors (Lipinski definition) is 4. The lowest BCUT2D eigenvalue weighted by Gasteiger charge is -2.34. The maximum Gasteiger partial charge on any atom is 0.409 e. The average Bonchev–Trinajstić information content (AvgIpc) is 2.49. The van der Waals surface area contributed by atoms with Gasteiger partial charge in [0.2, 0.25) is 0 Å². The number of carbonyl (C=O) groups excluding carboxylic acids is 2. The van der Waals surface area contributed by atoms with E-state index >= 15 is 0 Å². The number of amides is 2. The van der Waals surface area contributed by atoms with Crippen LogP contribution in [0.15, 0.2) is 23.1 Å². The van der Waals surface area contributed by atoms with Gasteiger partial charge in [0.15, 0.2) is 0 Å². The lowest BCUT2D eigenvalue weighted by molar-refractivity contribution is 0.0570. The van der Waals surface area contributed by atoms with Gasteiger partial charge in [0.1, 0.15) is 0 Å².